The lowest BCUT2D eigenvalue weighted by Gasteiger charge is -2.36. The van der Waals surface area contributed by atoms with Crippen molar-refractivity contribution in [2.45, 2.75) is 11.9 Å². The molecule has 0 fully saturated rings. The summed E-state index contributed by atoms with van der Waals surface area (Å²) in [6, 6.07) is 4.98. The number of aliphatic hydroxyl groups excluding tert-OH is 1. The first kappa shape index (κ1) is 12.4. The summed E-state index contributed by atoms with van der Waals surface area (Å²) in [5, 5.41) is 20.9. The summed E-state index contributed by atoms with van der Waals surface area (Å²) in [7, 11) is 2.70. The van der Waals surface area contributed by atoms with E-state index in [-0.39, 0.29) is 5.76 Å². The van der Waals surface area contributed by atoms with Crippen molar-refractivity contribution in [2.24, 2.45) is 0 Å². The van der Waals surface area contributed by atoms with Crippen LogP contribution in [-0.2, 0) is 9.47 Å². The predicted octanol–water partition coefficient (Wildman–Crippen LogP) is 1.71. The van der Waals surface area contributed by atoms with Crippen LogP contribution in [0.1, 0.15) is 17.2 Å². The van der Waals surface area contributed by atoms with Gasteiger partial charge in [0.15, 0.2) is 5.76 Å². The third kappa shape index (κ3) is 1.83. The van der Waals surface area contributed by atoms with Gasteiger partial charge in [-0.2, -0.15) is 0 Å². The molecule has 1 aliphatic rings. The van der Waals surface area contributed by atoms with E-state index in [0.29, 0.717) is 16.1 Å². The van der Waals surface area contributed by atoms with Gasteiger partial charge in [0.05, 0.1) is 7.11 Å². The first-order valence-corrected chi connectivity index (χ1v) is 5.42. The number of aliphatic hydroxyl groups is 2. The molecule has 2 atom stereocenters. The van der Waals surface area contributed by atoms with E-state index in [9.17, 15) is 10.2 Å². The van der Waals surface area contributed by atoms with Crippen molar-refractivity contribution < 1.29 is 19.7 Å². The van der Waals surface area contributed by atoms with Crippen LogP contribution in [0.2, 0.25) is 5.02 Å². The summed E-state index contributed by atoms with van der Waals surface area (Å²) >= 11 is 5.87. The molecule has 4 nitrogen and oxygen atoms in total. The minimum atomic E-state index is -1.87. The number of methoxy groups -OCH3 is 2. The topological polar surface area (TPSA) is 58.9 Å². The summed E-state index contributed by atoms with van der Waals surface area (Å²) in [5.41, 5.74) is 1.24. The Bertz CT molecular complexity index is 472. The number of hydrogen-bond acceptors (Lipinski definition) is 4. The highest BCUT2D eigenvalue weighted by Gasteiger charge is 2.45. The molecule has 0 bridgehead atoms. The van der Waals surface area contributed by atoms with Gasteiger partial charge in [-0.15, -0.1) is 0 Å². The highest BCUT2D eigenvalue weighted by molar-refractivity contribution is 6.30. The second kappa shape index (κ2) is 4.31. The van der Waals surface area contributed by atoms with Gasteiger partial charge in [0.1, 0.15) is 6.10 Å². The fourth-order valence-corrected chi connectivity index (χ4v) is 2.11. The van der Waals surface area contributed by atoms with Gasteiger partial charge in [0.25, 0.3) is 5.79 Å². The van der Waals surface area contributed by atoms with Crippen molar-refractivity contribution in [3.05, 3.63) is 40.1 Å². The zero-order valence-corrected chi connectivity index (χ0v) is 10.2. The Kier molecular flexibility index (Phi) is 3.14. The Morgan fingerprint density at radius 3 is 2.65 bits per heavy atom. The van der Waals surface area contributed by atoms with Crippen molar-refractivity contribution in [1.29, 1.82) is 0 Å². The maximum absolute atomic E-state index is 10.2. The molecule has 92 valence electrons. The van der Waals surface area contributed by atoms with Gasteiger partial charge < -0.3 is 19.7 Å². The summed E-state index contributed by atoms with van der Waals surface area (Å²) < 4.78 is 10.0. The molecule has 0 heterocycles. The Balaban J connectivity index is 2.61. The fraction of sp³-hybridized carbons (Fsp3) is 0.333. The Morgan fingerprint density at radius 1 is 1.35 bits per heavy atom. The van der Waals surface area contributed by atoms with E-state index >= 15 is 0 Å². The molecule has 0 radical (unpaired) electrons. The average Bonchev–Trinajstić information content (AvgIpc) is 2.33. The molecule has 2 unspecified atom stereocenters. The molecule has 0 aliphatic heterocycles. The van der Waals surface area contributed by atoms with Crippen molar-refractivity contribution >= 4 is 17.7 Å². The van der Waals surface area contributed by atoms with E-state index in [1.165, 1.54) is 14.2 Å². The highest BCUT2D eigenvalue weighted by atomic mass is 35.5. The minimum absolute atomic E-state index is 0.141. The maximum atomic E-state index is 10.2. The standard InChI is InChI=1S/C12H13ClO4/c1-16-10-6-7-5-8(13)3-4-9(7)11(14)12(10,15)17-2/h3-6,11,14-15H,1-2H3. The average molecular weight is 257 g/mol. The Hall–Kier alpha value is -1.07. The normalized spacial score (nSPS) is 27.4. The number of halogens is 1. The molecule has 0 saturated carbocycles. The van der Waals surface area contributed by atoms with E-state index in [4.69, 9.17) is 21.1 Å². The molecule has 0 spiro atoms. The second-order valence-electron chi connectivity index (χ2n) is 3.79. The Morgan fingerprint density at radius 2 is 2.06 bits per heavy atom. The van der Waals surface area contributed by atoms with Crippen LogP contribution in [0, 0.1) is 0 Å². The fourth-order valence-electron chi connectivity index (χ4n) is 1.93. The molecule has 1 aromatic carbocycles. The summed E-state index contributed by atoms with van der Waals surface area (Å²) in [6.07, 6.45) is 0.372. The van der Waals surface area contributed by atoms with E-state index in [1.807, 2.05) is 0 Å². The molecule has 0 aromatic heterocycles. The first-order chi connectivity index (χ1) is 8.02. The van der Waals surface area contributed by atoms with E-state index < -0.39 is 11.9 Å². The molecule has 0 amide bonds. The van der Waals surface area contributed by atoms with Gasteiger partial charge in [-0.3, -0.25) is 0 Å². The molecule has 1 aliphatic carbocycles. The van der Waals surface area contributed by atoms with E-state index in [1.54, 1.807) is 24.3 Å². The molecule has 5 heteroatoms. The molecule has 1 aromatic rings. The van der Waals surface area contributed by atoms with Gasteiger partial charge in [-0.25, -0.2) is 0 Å². The van der Waals surface area contributed by atoms with E-state index in [2.05, 4.69) is 0 Å². The third-order valence-corrected chi connectivity index (χ3v) is 3.12. The van der Waals surface area contributed by atoms with Crippen LogP contribution in [0.3, 0.4) is 0 Å². The lowest BCUT2D eigenvalue weighted by molar-refractivity contribution is -0.238. The zero-order chi connectivity index (χ0) is 12.6. The summed E-state index contributed by atoms with van der Waals surface area (Å²) in [6.45, 7) is 0. The van der Waals surface area contributed by atoms with Gasteiger partial charge in [0, 0.05) is 12.1 Å². The third-order valence-electron chi connectivity index (χ3n) is 2.88. The quantitative estimate of drug-likeness (QED) is 0.791. The van der Waals surface area contributed by atoms with Crippen LogP contribution in [0.25, 0.3) is 6.08 Å². The van der Waals surface area contributed by atoms with Gasteiger partial charge in [0.2, 0.25) is 0 Å². The predicted molar refractivity (Wildman–Crippen MR) is 63.4 cm³/mol. The SMILES string of the molecule is COC1=Cc2cc(Cl)ccc2C(O)C1(O)OC. The lowest BCUT2D eigenvalue weighted by atomic mass is 9.89. The van der Waals surface area contributed by atoms with Crippen LogP contribution in [0.5, 0.6) is 0 Å². The minimum Gasteiger partial charge on any atom is -0.495 e. The number of benzene rings is 1. The van der Waals surface area contributed by atoms with Crippen LogP contribution < -0.4 is 0 Å². The summed E-state index contributed by atoms with van der Waals surface area (Å²) in [4.78, 5) is 0. The Labute approximate surface area is 104 Å². The zero-order valence-electron chi connectivity index (χ0n) is 9.48. The number of fused-ring (bicyclic) bond motifs is 1. The van der Waals surface area contributed by atoms with E-state index in [0.717, 1.165) is 0 Å². The van der Waals surface area contributed by atoms with Crippen LogP contribution in [-0.4, -0.2) is 30.2 Å². The smallest absolute Gasteiger partial charge is 0.256 e. The first-order valence-electron chi connectivity index (χ1n) is 5.04. The lowest BCUT2D eigenvalue weighted by Crippen LogP contribution is -2.43. The second-order valence-corrected chi connectivity index (χ2v) is 4.23. The summed E-state index contributed by atoms with van der Waals surface area (Å²) in [5.74, 6) is -1.72. The van der Waals surface area contributed by atoms with Crippen LogP contribution in [0.15, 0.2) is 24.0 Å². The monoisotopic (exact) mass is 256 g/mol. The van der Waals surface area contributed by atoms with Gasteiger partial charge in [-0.05, 0) is 29.3 Å². The number of rotatable bonds is 2. The molecule has 2 N–H and O–H groups in total. The molecule has 17 heavy (non-hydrogen) atoms. The van der Waals surface area contributed by atoms with Gasteiger partial charge >= 0.3 is 0 Å². The highest BCUT2D eigenvalue weighted by Crippen LogP contribution is 2.41. The molecular formula is C12H13ClO4. The largest absolute Gasteiger partial charge is 0.495 e. The molecule has 2 rings (SSSR count). The van der Waals surface area contributed by atoms with Gasteiger partial charge in [-0.1, -0.05) is 17.7 Å². The maximum Gasteiger partial charge on any atom is 0.256 e. The van der Waals surface area contributed by atoms with Crippen molar-refractivity contribution in [3.63, 3.8) is 0 Å². The van der Waals surface area contributed by atoms with Crippen LogP contribution >= 0.6 is 11.6 Å². The van der Waals surface area contributed by atoms with Crippen molar-refractivity contribution in [3.8, 4) is 0 Å². The van der Waals surface area contributed by atoms with Crippen molar-refractivity contribution in [2.75, 3.05) is 14.2 Å². The molecule has 0 saturated heterocycles. The van der Waals surface area contributed by atoms with Crippen molar-refractivity contribution in [1.82, 2.24) is 0 Å². The number of hydrogen-bond donors (Lipinski definition) is 2. The molecular weight excluding hydrogens is 244 g/mol. The van der Waals surface area contributed by atoms with Crippen LogP contribution in [0.4, 0.5) is 0 Å². The number of ether oxygens (including phenoxy) is 2.